The number of nitrogens with zero attached hydrogens (tertiary/aromatic N) is 5. The van der Waals surface area contributed by atoms with Gasteiger partial charge in [-0.05, 0) is 82.6 Å². The predicted octanol–water partition coefficient (Wildman–Crippen LogP) is 5.55. The van der Waals surface area contributed by atoms with E-state index in [0.29, 0.717) is 43.4 Å². The maximum Gasteiger partial charge on any atom is 0.316 e. The molecule has 14 heteroatoms. The molecule has 4 N–H and O–H groups in total. The van der Waals surface area contributed by atoms with Gasteiger partial charge in [-0.15, -0.1) is 11.6 Å². The van der Waals surface area contributed by atoms with Gasteiger partial charge in [0.05, 0.1) is 41.5 Å². The van der Waals surface area contributed by atoms with Gasteiger partial charge in [0.25, 0.3) is 5.56 Å². The lowest BCUT2D eigenvalue weighted by molar-refractivity contribution is -0.148. The van der Waals surface area contributed by atoms with Crippen molar-refractivity contribution < 1.29 is 14.3 Å². The van der Waals surface area contributed by atoms with Crippen LogP contribution >= 0.6 is 33.2 Å². The van der Waals surface area contributed by atoms with Gasteiger partial charge in [0.1, 0.15) is 18.4 Å². The molecule has 2 aliphatic rings. The number of aliphatic imine (C=N–C) groups is 3. The van der Waals surface area contributed by atoms with Crippen LogP contribution in [0.3, 0.4) is 0 Å². The van der Waals surface area contributed by atoms with Gasteiger partial charge in [0, 0.05) is 28.0 Å². The molecule has 5 rings (SSSR count). The second-order valence-corrected chi connectivity index (χ2v) is 14.4. The molecule has 0 saturated carbocycles. The largest absolute Gasteiger partial charge is 0.460 e. The monoisotopic (exact) mass is 701 g/mol. The van der Waals surface area contributed by atoms with Gasteiger partial charge in [-0.1, -0.05) is 35.4 Å². The zero-order chi connectivity index (χ0) is 34.7. The standard InChI is InChI=1S/C30H35N5O4S2.C2H4ClN.CH5N/c1-6-18-21-12-17(39-29(32-5)33-10-11-40-41-30(3,4)16-31)8-9-24(21)34-26-22(18)14-35-25(26)13-20-19(7-2)28(37)38-15-23(20)27(35)36;1-4-2-3;1-2/h8-9,12-13,19H,5-7,10-11,14-16,31H2,1-4H3;1-2H2;2H2,1H3. The summed E-state index contributed by atoms with van der Waals surface area (Å²) in [6.07, 6.45) is 1.33. The Morgan fingerprint density at radius 1 is 1.21 bits per heavy atom. The van der Waals surface area contributed by atoms with Crippen LogP contribution in [0, 0.1) is 0 Å². The van der Waals surface area contributed by atoms with Crippen molar-refractivity contribution in [2.75, 3.05) is 31.9 Å². The molecule has 0 spiro atoms. The first-order valence-electron chi connectivity index (χ1n) is 15.3. The summed E-state index contributed by atoms with van der Waals surface area (Å²) < 4.78 is 13.1. The number of carbonyl (C=O) groups excluding carboxylic acids is 1. The predicted molar refractivity (Wildman–Crippen MR) is 199 cm³/mol. The number of hydrogen-bond donors (Lipinski definition) is 2. The van der Waals surface area contributed by atoms with Crippen LogP contribution in [0.25, 0.3) is 22.3 Å². The minimum absolute atomic E-state index is 0.0145. The molecule has 2 aliphatic heterocycles. The normalized spacial score (nSPS) is 14.9. The average Bonchev–Trinajstić information content (AvgIpc) is 3.45. The van der Waals surface area contributed by atoms with Gasteiger partial charge >= 0.3 is 12.0 Å². The molecule has 1 unspecified atom stereocenters. The number of esters is 1. The number of hydrogen-bond acceptors (Lipinski definition) is 11. The summed E-state index contributed by atoms with van der Waals surface area (Å²) in [5.74, 6) is 0.681. The fraction of sp³-hybridized carbons (Fsp3) is 0.455. The molecule has 1 atom stereocenters. The lowest BCUT2D eigenvalue weighted by Crippen LogP contribution is -2.32. The summed E-state index contributed by atoms with van der Waals surface area (Å²) in [5.41, 5.74) is 16.0. The number of nitrogens with two attached hydrogens (primary N) is 2. The molecule has 0 radical (unpaired) electrons. The maximum atomic E-state index is 13.5. The molecular weight excluding hydrogens is 658 g/mol. The zero-order valence-electron chi connectivity index (χ0n) is 27.7. The number of cyclic esters (lactones) is 1. The van der Waals surface area contributed by atoms with Crippen molar-refractivity contribution in [1.82, 2.24) is 9.55 Å². The topological polar surface area (TPSA) is 160 Å². The van der Waals surface area contributed by atoms with Crippen molar-refractivity contribution in [1.29, 1.82) is 0 Å². The number of ether oxygens (including phenoxy) is 2. The second-order valence-electron chi connectivity index (χ2n) is 11.0. The van der Waals surface area contributed by atoms with Crippen molar-refractivity contribution in [3.05, 3.63) is 56.9 Å². The Bertz CT molecular complexity index is 1690. The van der Waals surface area contributed by atoms with Gasteiger partial charge in [-0.3, -0.25) is 14.6 Å². The van der Waals surface area contributed by atoms with E-state index in [1.54, 1.807) is 26.2 Å². The van der Waals surface area contributed by atoms with E-state index in [1.807, 2.05) is 31.2 Å². The number of alkyl halides is 1. The van der Waals surface area contributed by atoms with Crippen LogP contribution in [0.5, 0.6) is 5.75 Å². The van der Waals surface area contributed by atoms with Gasteiger partial charge in [-0.25, -0.2) is 15.0 Å². The van der Waals surface area contributed by atoms with E-state index in [4.69, 9.17) is 31.8 Å². The third kappa shape index (κ3) is 8.82. The van der Waals surface area contributed by atoms with Gasteiger partial charge in [-0.2, -0.15) is 0 Å². The molecule has 1 aromatic carbocycles. The Morgan fingerprint density at radius 2 is 1.94 bits per heavy atom. The minimum Gasteiger partial charge on any atom is -0.460 e. The smallest absolute Gasteiger partial charge is 0.316 e. The van der Waals surface area contributed by atoms with E-state index in [2.05, 4.69) is 54.9 Å². The summed E-state index contributed by atoms with van der Waals surface area (Å²) in [5, 5.41) is 0.957. The molecule has 0 bridgehead atoms. The molecular formula is C33H44ClN7O4S2. The summed E-state index contributed by atoms with van der Waals surface area (Å²) >= 11 is 4.96. The quantitative estimate of drug-likeness (QED) is 0.0411. The van der Waals surface area contributed by atoms with Crippen LogP contribution in [0.4, 0.5) is 0 Å². The summed E-state index contributed by atoms with van der Waals surface area (Å²) in [6.45, 7) is 16.6. The van der Waals surface area contributed by atoms with Crippen molar-refractivity contribution in [2.45, 2.75) is 64.4 Å². The zero-order valence-corrected chi connectivity index (χ0v) is 30.1. The highest BCUT2D eigenvalue weighted by Crippen LogP contribution is 2.39. The van der Waals surface area contributed by atoms with E-state index < -0.39 is 5.92 Å². The first kappa shape index (κ1) is 38.2. The van der Waals surface area contributed by atoms with Gasteiger partial charge in [0.2, 0.25) is 0 Å². The second kappa shape index (κ2) is 17.8. The molecule has 11 nitrogen and oxygen atoms in total. The molecule has 4 heterocycles. The van der Waals surface area contributed by atoms with E-state index >= 15 is 0 Å². The van der Waals surface area contributed by atoms with Crippen LogP contribution in [0.2, 0.25) is 0 Å². The Hall–Kier alpha value is -3.23. The van der Waals surface area contributed by atoms with E-state index in [-0.39, 0.29) is 28.9 Å². The number of benzene rings is 1. The highest BCUT2D eigenvalue weighted by atomic mass is 35.5. The van der Waals surface area contributed by atoms with Crippen LogP contribution < -0.4 is 21.8 Å². The Balaban J connectivity index is 0.000000930. The molecule has 0 amide bonds. The lowest BCUT2D eigenvalue weighted by Gasteiger charge is -2.24. The minimum atomic E-state index is -0.434. The fourth-order valence-corrected chi connectivity index (χ4v) is 7.53. The van der Waals surface area contributed by atoms with E-state index in [9.17, 15) is 9.59 Å². The van der Waals surface area contributed by atoms with E-state index in [0.717, 1.165) is 51.2 Å². The highest BCUT2D eigenvalue weighted by molar-refractivity contribution is 8.77. The number of aryl methyl sites for hydroxylation is 1. The summed E-state index contributed by atoms with van der Waals surface area (Å²) in [7, 11) is 4.97. The maximum absolute atomic E-state index is 13.5. The lowest BCUT2D eigenvalue weighted by atomic mass is 9.90. The van der Waals surface area contributed by atoms with Gasteiger partial charge < -0.3 is 25.5 Å². The molecule has 0 aliphatic carbocycles. The van der Waals surface area contributed by atoms with Crippen molar-refractivity contribution in [3.8, 4) is 17.1 Å². The Kier molecular flexibility index (Phi) is 14.5. The Morgan fingerprint density at radius 3 is 2.55 bits per heavy atom. The fourth-order valence-electron chi connectivity index (χ4n) is 5.26. The number of pyridine rings is 2. The summed E-state index contributed by atoms with van der Waals surface area (Å²) in [6, 6.07) is 8.20. The van der Waals surface area contributed by atoms with Crippen LogP contribution in [0.1, 0.15) is 62.3 Å². The molecule has 0 fully saturated rings. The third-order valence-electron chi connectivity index (χ3n) is 7.58. The number of rotatable bonds is 10. The van der Waals surface area contributed by atoms with Crippen LogP contribution in [0.15, 0.2) is 44.0 Å². The Labute approximate surface area is 289 Å². The molecule has 0 saturated heterocycles. The molecule has 254 valence electrons. The SMILES string of the molecule is C=NC(=NCCSSC(C)(C)CN)Oc1ccc2nc3c(c(CC)c2c1)Cn1c-3cc2c(c1=O)COC(=O)C2CC.C=NCCl.CN. The van der Waals surface area contributed by atoms with Crippen LogP contribution in [-0.2, 0) is 29.1 Å². The first-order valence-corrected chi connectivity index (χ1v) is 18.1. The number of aromatic nitrogens is 2. The number of amidine groups is 1. The van der Waals surface area contributed by atoms with Gasteiger partial charge in [0.15, 0.2) is 0 Å². The third-order valence-corrected chi connectivity index (χ3v) is 11.0. The van der Waals surface area contributed by atoms with Crippen molar-refractivity contribution >= 4 is 69.5 Å². The van der Waals surface area contributed by atoms with Crippen molar-refractivity contribution in [3.63, 3.8) is 0 Å². The molecule has 3 aromatic rings. The number of halogens is 1. The molecule has 47 heavy (non-hydrogen) atoms. The van der Waals surface area contributed by atoms with E-state index in [1.165, 1.54) is 7.05 Å². The average molecular weight is 702 g/mol. The highest BCUT2D eigenvalue weighted by Gasteiger charge is 2.34. The van der Waals surface area contributed by atoms with Crippen molar-refractivity contribution in [2.24, 2.45) is 26.4 Å². The number of carbonyl (C=O) groups is 1. The molecule has 2 aromatic heterocycles. The van der Waals surface area contributed by atoms with Crippen LogP contribution in [-0.4, -0.2) is 71.6 Å². The summed E-state index contributed by atoms with van der Waals surface area (Å²) in [4.78, 5) is 42.6. The number of fused-ring (bicyclic) bond motifs is 5. The first-order chi connectivity index (χ1) is 22.6.